The first-order valence-corrected chi connectivity index (χ1v) is 10.3. The van der Waals surface area contributed by atoms with E-state index in [9.17, 15) is 13.2 Å². The van der Waals surface area contributed by atoms with Gasteiger partial charge in [-0.15, -0.1) is 11.3 Å². The molecule has 2 heterocycles. The molecule has 1 saturated heterocycles. The molecule has 1 fully saturated rings. The molecule has 1 aromatic carbocycles. The number of nitrogens with zero attached hydrogens (tertiary/aromatic N) is 1. The molecule has 1 aromatic heterocycles. The summed E-state index contributed by atoms with van der Waals surface area (Å²) in [6.07, 6.45) is 1.20. The summed E-state index contributed by atoms with van der Waals surface area (Å²) in [5.41, 5.74) is 0.535. The zero-order valence-corrected chi connectivity index (χ0v) is 15.5. The Kier molecular flexibility index (Phi) is 5.41. The van der Waals surface area contributed by atoms with Crippen LogP contribution in [-0.4, -0.2) is 44.9 Å². The van der Waals surface area contributed by atoms with Gasteiger partial charge in [-0.25, -0.2) is 8.42 Å². The zero-order chi connectivity index (χ0) is 17.9. The summed E-state index contributed by atoms with van der Waals surface area (Å²) in [5.74, 6) is 0.461. The van der Waals surface area contributed by atoms with E-state index < -0.39 is 10.0 Å². The molecule has 0 bridgehead atoms. The van der Waals surface area contributed by atoms with Gasteiger partial charge in [0.15, 0.2) is 0 Å². The molecule has 2 aromatic rings. The number of carbonyl (C=O) groups is 1. The molecule has 6 nitrogen and oxygen atoms in total. The average Bonchev–Trinajstić information content (AvgIpc) is 3.18. The number of sulfonamides is 1. The Labute approximate surface area is 151 Å². The lowest BCUT2D eigenvalue weighted by atomic mass is 10.1. The highest BCUT2D eigenvalue weighted by Crippen LogP contribution is 2.24. The summed E-state index contributed by atoms with van der Waals surface area (Å²) in [6.45, 7) is 0.812. The van der Waals surface area contributed by atoms with Crippen molar-refractivity contribution in [3.05, 3.63) is 47.3 Å². The predicted octanol–water partition coefficient (Wildman–Crippen LogP) is 2.34. The van der Waals surface area contributed by atoms with Gasteiger partial charge in [-0.2, -0.15) is 4.31 Å². The van der Waals surface area contributed by atoms with E-state index in [1.165, 1.54) is 15.6 Å². The van der Waals surface area contributed by atoms with Crippen LogP contribution in [0.5, 0.6) is 5.75 Å². The van der Waals surface area contributed by atoms with Crippen LogP contribution in [0.4, 0.5) is 0 Å². The van der Waals surface area contributed by atoms with Crippen LogP contribution in [0.3, 0.4) is 0 Å². The van der Waals surface area contributed by atoms with E-state index in [0.717, 1.165) is 0 Å². The summed E-state index contributed by atoms with van der Waals surface area (Å²) in [4.78, 5) is 12.3. The molecule has 25 heavy (non-hydrogen) atoms. The Morgan fingerprint density at radius 3 is 2.64 bits per heavy atom. The minimum Gasteiger partial charge on any atom is -0.497 e. The van der Waals surface area contributed by atoms with Gasteiger partial charge in [0.2, 0.25) is 0 Å². The minimum absolute atomic E-state index is 0.0338. The quantitative estimate of drug-likeness (QED) is 0.864. The van der Waals surface area contributed by atoms with Gasteiger partial charge < -0.3 is 10.1 Å². The number of amides is 1. The van der Waals surface area contributed by atoms with E-state index in [1.807, 2.05) is 0 Å². The minimum atomic E-state index is -3.41. The maximum atomic E-state index is 12.5. The Balaban J connectivity index is 1.58. The number of methoxy groups -OCH3 is 1. The predicted molar refractivity (Wildman–Crippen MR) is 96.6 cm³/mol. The zero-order valence-electron chi connectivity index (χ0n) is 13.8. The number of hydrogen-bond acceptors (Lipinski definition) is 5. The van der Waals surface area contributed by atoms with E-state index in [0.29, 0.717) is 41.5 Å². The third-order valence-corrected chi connectivity index (χ3v) is 7.48. The number of rotatable bonds is 5. The molecule has 0 spiro atoms. The highest BCUT2D eigenvalue weighted by Gasteiger charge is 2.30. The second-order valence-electron chi connectivity index (χ2n) is 5.82. The Morgan fingerprint density at radius 1 is 1.24 bits per heavy atom. The fourth-order valence-corrected chi connectivity index (χ4v) is 5.43. The SMILES string of the molecule is COc1cccc(C(=O)NC2CCN(S(=O)(=O)c3cccs3)CC2)c1. The van der Waals surface area contributed by atoms with Crippen molar-refractivity contribution in [2.45, 2.75) is 23.1 Å². The number of ether oxygens (including phenoxy) is 1. The number of benzene rings is 1. The van der Waals surface area contributed by atoms with Crippen molar-refractivity contribution in [3.8, 4) is 5.75 Å². The highest BCUT2D eigenvalue weighted by atomic mass is 32.2. The van der Waals surface area contributed by atoms with Crippen molar-refractivity contribution in [2.75, 3.05) is 20.2 Å². The van der Waals surface area contributed by atoms with Crippen molar-refractivity contribution < 1.29 is 17.9 Å². The van der Waals surface area contributed by atoms with E-state index in [4.69, 9.17) is 4.74 Å². The van der Waals surface area contributed by atoms with Crippen molar-refractivity contribution in [1.82, 2.24) is 9.62 Å². The van der Waals surface area contributed by atoms with Gasteiger partial charge in [-0.1, -0.05) is 12.1 Å². The lowest BCUT2D eigenvalue weighted by Gasteiger charge is -2.31. The van der Waals surface area contributed by atoms with Crippen molar-refractivity contribution >= 4 is 27.3 Å². The number of hydrogen-bond donors (Lipinski definition) is 1. The Morgan fingerprint density at radius 2 is 2.00 bits per heavy atom. The van der Waals surface area contributed by atoms with Gasteiger partial charge in [0.1, 0.15) is 9.96 Å². The Hall–Kier alpha value is -1.90. The largest absolute Gasteiger partial charge is 0.497 e. The van der Waals surface area contributed by atoms with Crippen LogP contribution >= 0.6 is 11.3 Å². The van der Waals surface area contributed by atoms with Gasteiger partial charge in [0.25, 0.3) is 15.9 Å². The second-order valence-corrected chi connectivity index (χ2v) is 8.93. The molecule has 1 aliphatic rings. The molecule has 134 valence electrons. The monoisotopic (exact) mass is 380 g/mol. The Bertz CT molecular complexity index is 826. The van der Waals surface area contributed by atoms with Gasteiger partial charge in [-0.3, -0.25) is 4.79 Å². The lowest BCUT2D eigenvalue weighted by molar-refractivity contribution is 0.0923. The average molecular weight is 380 g/mol. The summed E-state index contributed by atoms with van der Waals surface area (Å²) in [7, 11) is -1.85. The van der Waals surface area contributed by atoms with E-state index >= 15 is 0 Å². The number of piperidine rings is 1. The molecule has 1 aliphatic heterocycles. The normalized spacial score (nSPS) is 16.5. The van der Waals surface area contributed by atoms with Gasteiger partial charge in [-0.05, 0) is 42.5 Å². The molecular formula is C17H20N2O4S2. The summed E-state index contributed by atoms with van der Waals surface area (Å²) in [6, 6.07) is 10.3. The standard InChI is InChI=1S/C17H20N2O4S2/c1-23-15-5-2-4-13(12-15)17(20)18-14-7-9-19(10-8-14)25(21,22)16-6-3-11-24-16/h2-6,11-12,14H,7-10H2,1H3,(H,18,20). The van der Waals surface area contributed by atoms with Crippen LogP contribution in [0.15, 0.2) is 46.0 Å². The summed E-state index contributed by atoms with van der Waals surface area (Å²) >= 11 is 1.22. The third kappa shape index (κ3) is 4.02. The maximum Gasteiger partial charge on any atom is 0.252 e. The molecule has 8 heteroatoms. The van der Waals surface area contributed by atoms with Crippen LogP contribution in [0.1, 0.15) is 23.2 Å². The third-order valence-electron chi connectivity index (χ3n) is 4.21. The first kappa shape index (κ1) is 17.9. The van der Waals surface area contributed by atoms with Crippen molar-refractivity contribution in [2.24, 2.45) is 0 Å². The second kappa shape index (κ2) is 7.55. The van der Waals surface area contributed by atoms with Gasteiger partial charge >= 0.3 is 0 Å². The van der Waals surface area contributed by atoms with E-state index in [1.54, 1.807) is 48.9 Å². The fourth-order valence-electron chi connectivity index (χ4n) is 2.81. The number of thiophene rings is 1. The van der Waals surface area contributed by atoms with Gasteiger partial charge in [0.05, 0.1) is 7.11 Å². The first-order valence-electron chi connectivity index (χ1n) is 7.99. The smallest absolute Gasteiger partial charge is 0.252 e. The van der Waals surface area contributed by atoms with E-state index in [2.05, 4.69) is 5.32 Å². The van der Waals surface area contributed by atoms with Gasteiger partial charge in [0, 0.05) is 24.7 Å². The molecule has 0 saturated carbocycles. The molecule has 0 atom stereocenters. The molecular weight excluding hydrogens is 360 g/mol. The molecule has 0 aliphatic carbocycles. The van der Waals surface area contributed by atoms with Crippen molar-refractivity contribution in [1.29, 1.82) is 0 Å². The molecule has 3 rings (SSSR count). The molecule has 1 N–H and O–H groups in total. The molecule has 1 amide bonds. The first-order chi connectivity index (χ1) is 12.0. The van der Waals surface area contributed by atoms with Crippen LogP contribution in [0, 0.1) is 0 Å². The maximum absolute atomic E-state index is 12.5. The molecule has 0 radical (unpaired) electrons. The topological polar surface area (TPSA) is 75.7 Å². The lowest BCUT2D eigenvalue weighted by Crippen LogP contribution is -2.46. The number of carbonyl (C=O) groups excluding carboxylic acids is 1. The highest BCUT2D eigenvalue weighted by molar-refractivity contribution is 7.91. The van der Waals surface area contributed by atoms with Crippen molar-refractivity contribution in [3.63, 3.8) is 0 Å². The molecule has 0 unspecified atom stereocenters. The van der Waals surface area contributed by atoms with Crippen LogP contribution in [-0.2, 0) is 10.0 Å². The fraction of sp³-hybridized carbons (Fsp3) is 0.353. The van der Waals surface area contributed by atoms with Crippen LogP contribution in [0.2, 0.25) is 0 Å². The summed E-state index contributed by atoms with van der Waals surface area (Å²) in [5, 5.41) is 4.74. The summed E-state index contributed by atoms with van der Waals surface area (Å²) < 4.78 is 32.0. The van der Waals surface area contributed by atoms with Crippen LogP contribution in [0.25, 0.3) is 0 Å². The van der Waals surface area contributed by atoms with E-state index in [-0.39, 0.29) is 11.9 Å². The number of nitrogens with one attached hydrogen (secondary N) is 1. The van der Waals surface area contributed by atoms with Crippen LogP contribution < -0.4 is 10.1 Å².